The number of carboxylic acid groups (broad SMARTS) is 1. The number of benzene rings is 1. The van der Waals surface area contributed by atoms with Crippen molar-refractivity contribution < 1.29 is 24.2 Å². The number of rotatable bonds is 6. The molecule has 0 atom stereocenters. The second-order valence-electron chi connectivity index (χ2n) is 4.10. The Morgan fingerprint density at radius 1 is 1.29 bits per heavy atom. The van der Waals surface area contributed by atoms with E-state index in [0.717, 1.165) is 11.3 Å². The summed E-state index contributed by atoms with van der Waals surface area (Å²) in [7, 11) is 1.44. The van der Waals surface area contributed by atoms with Crippen molar-refractivity contribution >= 4 is 23.2 Å². The van der Waals surface area contributed by atoms with Gasteiger partial charge in [0.2, 0.25) is 5.91 Å². The molecule has 1 amide bonds. The number of hydrogen-bond donors (Lipinski definition) is 2. The van der Waals surface area contributed by atoms with Gasteiger partial charge in [-0.15, -0.1) is 11.3 Å². The number of carbonyl (C=O) groups is 2. The number of primary amides is 1. The summed E-state index contributed by atoms with van der Waals surface area (Å²) in [5.41, 5.74) is 6.08. The van der Waals surface area contributed by atoms with E-state index in [9.17, 15) is 9.59 Å². The lowest BCUT2D eigenvalue weighted by atomic mass is 10.2. The van der Waals surface area contributed by atoms with Crippen molar-refractivity contribution in [2.24, 2.45) is 5.73 Å². The third kappa shape index (κ3) is 3.32. The number of methoxy groups -OCH3 is 1. The first-order valence-electron chi connectivity index (χ1n) is 5.93. The molecule has 0 aliphatic rings. The van der Waals surface area contributed by atoms with E-state index in [2.05, 4.69) is 0 Å². The first-order chi connectivity index (χ1) is 10.0. The highest BCUT2D eigenvalue weighted by Gasteiger charge is 2.14. The number of amides is 1. The Hall–Kier alpha value is -2.54. The summed E-state index contributed by atoms with van der Waals surface area (Å²) in [6.07, 6.45) is 0. The minimum atomic E-state index is -0.986. The Balaban J connectivity index is 2.18. The van der Waals surface area contributed by atoms with Gasteiger partial charge in [-0.1, -0.05) is 0 Å². The molecule has 7 heteroatoms. The summed E-state index contributed by atoms with van der Waals surface area (Å²) < 4.78 is 10.7. The van der Waals surface area contributed by atoms with Gasteiger partial charge in [-0.2, -0.15) is 0 Å². The molecule has 21 heavy (non-hydrogen) atoms. The Morgan fingerprint density at radius 2 is 2.05 bits per heavy atom. The van der Waals surface area contributed by atoms with Crippen LogP contribution in [-0.2, 0) is 6.61 Å². The van der Waals surface area contributed by atoms with Crippen molar-refractivity contribution in [2.75, 3.05) is 7.11 Å². The van der Waals surface area contributed by atoms with Crippen LogP contribution in [0.1, 0.15) is 25.6 Å². The highest BCUT2D eigenvalue weighted by atomic mass is 32.1. The summed E-state index contributed by atoms with van der Waals surface area (Å²) in [6.45, 7) is 0.0947. The summed E-state index contributed by atoms with van der Waals surface area (Å²) in [5.74, 6) is -0.783. The van der Waals surface area contributed by atoms with Crippen LogP contribution in [0.4, 0.5) is 0 Å². The number of carboxylic acids is 1. The van der Waals surface area contributed by atoms with Gasteiger partial charge in [0.05, 0.1) is 7.11 Å². The maximum absolute atomic E-state index is 11.1. The van der Waals surface area contributed by atoms with E-state index in [1.807, 2.05) is 0 Å². The van der Waals surface area contributed by atoms with Gasteiger partial charge in [0.1, 0.15) is 11.5 Å². The number of thiophene rings is 1. The highest BCUT2D eigenvalue weighted by molar-refractivity contribution is 7.12. The molecule has 0 unspecified atom stereocenters. The fourth-order valence-corrected chi connectivity index (χ4v) is 2.48. The molecule has 110 valence electrons. The SMILES string of the molecule is COc1cc(C(N)=O)ccc1OCc1ccsc1C(=O)O. The minimum absolute atomic E-state index is 0.0947. The molecule has 0 bridgehead atoms. The Bertz CT molecular complexity index is 680. The van der Waals surface area contributed by atoms with Gasteiger partial charge in [-0.05, 0) is 29.6 Å². The largest absolute Gasteiger partial charge is 0.493 e. The fourth-order valence-electron chi connectivity index (χ4n) is 1.73. The highest BCUT2D eigenvalue weighted by Crippen LogP contribution is 2.29. The van der Waals surface area contributed by atoms with E-state index in [1.54, 1.807) is 17.5 Å². The zero-order valence-corrected chi connectivity index (χ0v) is 12.0. The maximum Gasteiger partial charge on any atom is 0.346 e. The molecule has 0 saturated heterocycles. The molecule has 0 aliphatic heterocycles. The van der Waals surface area contributed by atoms with Gasteiger partial charge >= 0.3 is 5.97 Å². The molecule has 6 nitrogen and oxygen atoms in total. The fraction of sp³-hybridized carbons (Fsp3) is 0.143. The monoisotopic (exact) mass is 307 g/mol. The number of aromatic carboxylic acids is 1. The van der Waals surface area contributed by atoms with E-state index in [4.69, 9.17) is 20.3 Å². The van der Waals surface area contributed by atoms with Crippen LogP contribution >= 0.6 is 11.3 Å². The molecule has 2 rings (SSSR count). The number of ether oxygens (including phenoxy) is 2. The molecule has 0 saturated carbocycles. The lowest BCUT2D eigenvalue weighted by Crippen LogP contribution is -2.11. The molecule has 0 radical (unpaired) electrons. The topological polar surface area (TPSA) is 98.9 Å². The van der Waals surface area contributed by atoms with E-state index in [-0.39, 0.29) is 11.5 Å². The van der Waals surface area contributed by atoms with Crippen molar-refractivity contribution in [1.82, 2.24) is 0 Å². The standard InChI is InChI=1S/C14H13NO5S/c1-19-11-6-8(13(15)16)2-3-10(11)20-7-9-4-5-21-12(9)14(17)18/h2-6H,7H2,1H3,(H2,15,16)(H,17,18). The second-order valence-corrected chi connectivity index (χ2v) is 5.01. The molecule has 3 N–H and O–H groups in total. The second kappa shape index (κ2) is 6.27. The van der Waals surface area contributed by atoms with E-state index < -0.39 is 11.9 Å². The predicted octanol–water partition coefficient (Wildman–Crippen LogP) is 2.13. The average molecular weight is 307 g/mol. The summed E-state index contributed by atoms with van der Waals surface area (Å²) >= 11 is 1.14. The first-order valence-corrected chi connectivity index (χ1v) is 6.81. The lowest BCUT2D eigenvalue weighted by molar-refractivity contribution is 0.0699. The average Bonchev–Trinajstić information content (AvgIpc) is 2.93. The lowest BCUT2D eigenvalue weighted by Gasteiger charge is -2.11. The number of hydrogen-bond acceptors (Lipinski definition) is 5. The maximum atomic E-state index is 11.1. The molecule has 0 spiro atoms. The van der Waals surface area contributed by atoms with Crippen molar-refractivity contribution in [2.45, 2.75) is 6.61 Å². The minimum Gasteiger partial charge on any atom is -0.493 e. The number of carbonyl (C=O) groups excluding carboxylic acids is 1. The molecular weight excluding hydrogens is 294 g/mol. The number of nitrogens with two attached hydrogens (primary N) is 1. The van der Waals surface area contributed by atoms with Gasteiger partial charge in [0.15, 0.2) is 11.5 Å². The van der Waals surface area contributed by atoms with Crippen molar-refractivity contribution in [3.05, 3.63) is 45.6 Å². The van der Waals surface area contributed by atoms with Gasteiger partial charge < -0.3 is 20.3 Å². The van der Waals surface area contributed by atoms with Crippen LogP contribution in [0.2, 0.25) is 0 Å². The Kier molecular flexibility index (Phi) is 4.44. The van der Waals surface area contributed by atoms with Gasteiger partial charge in [0, 0.05) is 11.1 Å². The van der Waals surface area contributed by atoms with Gasteiger partial charge in [0.25, 0.3) is 0 Å². The van der Waals surface area contributed by atoms with Crippen molar-refractivity contribution in [1.29, 1.82) is 0 Å². The molecule has 0 fully saturated rings. The zero-order valence-electron chi connectivity index (χ0n) is 11.2. The third-order valence-corrected chi connectivity index (χ3v) is 3.72. The first kappa shape index (κ1) is 14.9. The van der Waals surface area contributed by atoms with Crippen LogP contribution in [0.15, 0.2) is 29.6 Å². The van der Waals surface area contributed by atoms with Crippen LogP contribution in [0, 0.1) is 0 Å². The predicted molar refractivity (Wildman–Crippen MR) is 77.1 cm³/mol. The normalized spacial score (nSPS) is 10.1. The van der Waals surface area contributed by atoms with E-state index in [1.165, 1.54) is 19.2 Å². The summed E-state index contributed by atoms with van der Waals surface area (Å²) in [6, 6.07) is 6.25. The summed E-state index contributed by atoms with van der Waals surface area (Å²) in [5, 5.41) is 10.7. The molecular formula is C14H13NO5S. The molecule has 1 aromatic carbocycles. The Morgan fingerprint density at radius 3 is 2.67 bits per heavy atom. The van der Waals surface area contributed by atoms with Crippen LogP contribution in [0.3, 0.4) is 0 Å². The smallest absolute Gasteiger partial charge is 0.346 e. The third-order valence-electron chi connectivity index (χ3n) is 2.77. The quantitative estimate of drug-likeness (QED) is 0.851. The van der Waals surface area contributed by atoms with E-state index >= 15 is 0 Å². The van der Waals surface area contributed by atoms with Crippen LogP contribution < -0.4 is 15.2 Å². The van der Waals surface area contributed by atoms with Crippen LogP contribution in [-0.4, -0.2) is 24.1 Å². The van der Waals surface area contributed by atoms with Gasteiger partial charge in [-0.25, -0.2) is 4.79 Å². The van der Waals surface area contributed by atoms with Crippen molar-refractivity contribution in [3.8, 4) is 11.5 Å². The van der Waals surface area contributed by atoms with E-state index in [0.29, 0.717) is 22.6 Å². The van der Waals surface area contributed by atoms with Crippen LogP contribution in [0.25, 0.3) is 0 Å². The molecule has 2 aromatic rings. The molecule has 0 aliphatic carbocycles. The van der Waals surface area contributed by atoms with Gasteiger partial charge in [-0.3, -0.25) is 4.79 Å². The summed E-state index contributed by atoms with van der Waals surface area (Å²) in [4.78, 5) is 22.4. The van der Waals surface area contributed by atoms with Crippen LogP contribution in [0.5, 0.6) is 11.5 Å². The van der Waals surface area contributed by atoms with Crippen molar-refractivity contribution in [3.63, 3.8) is 0 Å². The zero-order chi connectivity index (χ0) is 15.4. The molecule has 1 heterocycles. The molecule has 1 aromatic heterocycles. The Labute approximate surface area is 124 Å².